The van der Waals surface area contributed by atoms with Gasteiger partial charge in [0, 0.05) is 12.3 Å². The van der Waals surface area contributed by atoms with Crippen LogP contribution >= 0.6 is 0 Å². The zero-order chi connectivity index (χ0) is 11.8. The van der Waals surface area contributed by atoms with Crippen LogP contribution in [-0.2, 0) is 4.79 Å². The summed E-state index contributed by atoms with van der Waals surface area (Å²) in [6, 6.07) is 0. The Bertz CT molecular complexity index is 190. The molecule has 1 aliphatic carbocycles. The second-order valence-corrected chi connectivity index (χ2v) is 5.43. The molecule has 0 N–H and O–H groups in total. The normalized spacial score (nSPS) is 25.6. The van der Waals surface area contributed by atoms with Crippen LogP contribution in [0.15, 0.2) is 0 Å². The molecule has 0 aliphatic heterocycles. The molecule has 1 aliphatic rings. The van der Waals surface area contributed by atoms with Gasteiger partial charge in [0.15, 0.2) is 0 Å². The molecule has 0 aromatic carbocycles. The minimum atomic E-state index is 0.421. The van der Waals surface area contributed by atoms with E-state index in [4.69, 9.17) is 0 Å². The molecule has 0 saturated heterocycles. The van der Waals surface area contributed by atoms with E-state index in [0.717, 1.165) is 25.2 Å². The van der Waals surface area contributed by atoms with Crippen LogP contribution in [0.25, 0.3) is 0 Å². The molecule has 1 rings (SSSR count). The number of Topliss-reactive ketones (excluding diaryl/α,β-unsaturated/α-hetero) is 1. The Kier molecular flexibility index (Phi) is 6.75. The lowest BCUT2D eigenvalue weighted by molar-refractivity contribution is -0.124. The molecule has 1 nitrogen and oxygen atoms in total. The maximum Gasteiger partial charge on any atom is 0.135 e. The summed E-state index contributed by atoms with van der Waals surface area (Å²) in [4.78, 5) is 11.9. The van der Waals surface area contributed by atoms with Gasteiger partial charge in [-0.1, -0.05) is 39.5 Å². The predicted octanol–water partition coefficient (Wildman–Crippen LogP) is 4.74. The van der Waals surface area contributed by atoms with Crippen molar-refractivity contribution in [1.29, 1.82) is 0 Å². The van der Waals surface area contributed by atoms with Crippen molar-refractivity contribution in [2.45, 2.75) is 78.1 Å². The Balaban J connectivity index is 2.18. The van der Waals surface area contributed by atoms with E-state index in [1.165, 1.54) is 44.9 Å². The van der Waals surface area contributed by atoms with Gasteiger partial charge < -0.3 is 0 Å². The third-order valence-corrected chi connectivity index (χ3v) is 4.04. The maximum atomic E-state index is 11.9. The smallest absolute Gasteiger partial charge is 0.135 e. The molecule has 16 heavy (non-hydrogen) atoms. The first-order valence-electron chi connectivity index (χ1n) is 7.30. The van der Waals surface area contributed by atoms with Crippen LogP contribution in [-0.4, -0.2) is 5.78 Å². The molecule has 0 aromatic heterocycles. The topological polar surface area (TPSA) is 17.1 Å². The van der Waals surface area contributed by atoms with E-state index >= 15 is 0 Å². The number of unbranched alkanes of at least 4 members (excludes halogenated alkanes) is 2. The molecule has 0 atom stereocenters. The zero-order valence-corrected chi connectivity index (χ0v) is 11.1. The lowest BCUT2D eigenvalue weighted by atomic mass is 9.77. The van der Waals surface area contributed by atoms with Crippen molar-refractivity contribution in [3.05, 3.63) is 0 Å². The van der Waals surface area contributed by atoms with E-state index in [2.05, 4.69) is 13.8 Å². The highest BCUT2D eigenvalue weighted by Gasteiger charge is 2.25. The Labute approximate surface area is 101 Å². The summed E-state index contributed by atoms with van der Waals surface area (Å²) in [5, 5.41) is 0. The van der Waals surface area contributed by atoms with Crippen molar-refractivity contribution < 1.29 is 4.79 Å². The van der Waals surface area contributed by atoms with E-state index in [0.29, 0.717) is 11.7 Å². The van der Waals surface area contributed by atoms with Crippen LogP contribution in [0.1, 0.15) is 78.1 Å². The number of carbonyl (C=O) groups excluding carboxylic acids is 1. The molecule has 0 amide bonds. The largest absolute Gasteiger partial charge is 0.299 e. The molecular weight excluding hydrogens is 196 g/mol. The molecule has 94 valence electrons. The second kappa shape index (κ2) is 7.86. The van der Waals surface area contributed by atoms with Gasteiger partial charge in [0.25, 0.3) is 0 Å². The molecule has 1 saturated carbocycles. The zero-order valence-electron chi connectivity index (χ0n) is 11.1. The van der Waals surface area contributed by atoms with Gasteiger partial charge in [-0.05, 0) is 38.0 Å². The van der Waals surface area contributed by atoms with Crippen molar-refractivity contribution in [2.75, 3.05) is 0 Å². The number of hydrogen-bond donors (Lipinski definition) is 0. The first kappa shape index (κ1) is 13.7. The van der Waals surface area contributed by atoms with Crippen molar-refractivity contribution in [3.8, 4) is 0 Å². The molecule has 0 spiro atoms. The molecule has 0 radical (unpaired) electrons. The van der Waals surface area contributed by atoms with Gasteiger partial charge in [0.2, 0.25) is 0 Å². The summed E-state index contributed by atoms with van der Waals surface area (Å²) in [6.45, 7) is 4.43. The Morgan fingerprint density at radius 3 is 2.19 bits per heavy atom. The maximum absolute atomic E-state index is 11.9. The molecule has 0 bridgehead atoms. The summed E-state index contributed by atoms with van der Waals surface area (Å²) in [5.41, 5.74) is 0. The summed E-state index contributed by atoms with van der Waals surface area (Å²) in [7, 11) is 0. The molecule has 1 heteroatoms. The van der Waals surface area contributed by atoms with Gasteiger partial charge in [-0.3, -0.25) is 4.79 Å². The minimum absolute atomic E-state index is 0.421. The van der Waals surface area contributed by atoms with E-state index < -0.39 is 0 Å². The van der Waals surface area contributed by atoms with Crippen LogP contribution in [0.4, 0.5) is 0 Å². The average Bonchev–Trinajstić information content (AvgIpc) is 2.34. The standard InChI is InChI=1S/C15H28O/c1-3-5-7-13-9-11-14(12-10-13)15(16)8-6-4-2/h13-14H,3-12H2,1-2H3. The van der Waals surface area contributed by atoms with E-state index in [-0.39, 0.29) is 0 Å². The van der Waals surface area contributed by atoms with Crippen molar-refractivity contribution >= 4 is 5.78 Å². The fourth-order valence-corrected chi connectivity index (χ4v) is 2.82. The number of ketones is 1. The van der Waals surface area contributed by atoms with E-state index in [9.17, 15) is 4.79 Å². The number of rotatable bonds is 7. The van der Waals surface area contributed by atoms with E-state index in [1.54, 1.807) is 0 Å². The molecule has 0 heterocycles. The second-order valence-electron chi connectivity index (χ2n) is 5.43. The molecular formula is C15H28O. The lowest BCUT2D eigenvalue weighted by Crippen LogP contribution is -2.21. The molecule has 0 aromatic rings. The van der Waals surface area contributed by atoms with Crippen LogP contribution in [0.3, 0.4) is 0 Å². The molecule has 0 unspecified atom stereocenters. The summed E-state index contributed by atoms with van der Waals surface area (Å²) >= 11 is 0. The monoisotopic (exact) mass is 224 g/mol. The Morgan fingerprint density at radius 1 is 1.00 bits per heavy atom. The van der Waals surface area contributed by atoms with Gasteiger partial charge in [0.05, 0.1) is 0 Å². The van der Waals surface area contributed by atoms with E-state index in [1.807, 2.05) is 0 Å². The van der Waals surface area contributed by atoms with Crippen molar-refractivity contribution in [1.82, 2.24) is 0 Å². The quantitative estimate of drug-likeness (QED) is 0.610. The van der Waals surface area contributed by atoms with Gasteiger partial charge in [-0.15, -0.1) is 0 Å². The van der Waals surface area contributed by atoms with Crippen LogP contribution in [0.2, 0.25) is 0 Å². The van der Waals surface area contributed by atoms with Crippen LogP contribution in [0.5, 0.6) is 0 Å². The third kappa shape index (κ3) is 4.67. The van der Waals surface area contributed by atoms with Crippen molar-refractivity contribution in [3.63, 3.8) is 0 Å². The average molecular weight is 224 g/mol. The highest BCUT2D eigenvalue weighted by molar-refractivity contribution is 5.80. The fourth-order valence-electron chi connectivity index (χ4n) is 2.82. The van der Waals surface area contributed by atoms with Crippen LogP contribution in [0, 0.1) is 11.8 Å². The van der Waals surface area contributed by atoms with Crippen molar-refractivity contribution in [2.24, 2.45) is 11.8 Å². The molecule has 1 fully saturated rings. The summed E-state index contributed by atoms with van der Waals surface area (Å²) < 4.78 is 0. The fraction of sp³-hybridized carbons (Fsp3) is 0.933. The first-order chi connectivity index (χ1) is 7.77. The third-order valence-electron chi connectivity index (χ3n) is 4.04. The minimum Gasteiger partial charge on any atom is -0.299 e. The Hall–Kier alpha value is -0.330. The van der Waals surface area contributed by atoms with Gasteiger partial charge in [-0.25, -0.2) is 0 Å². The Morgan fingerprint density at radius 2 is 1.62 bits per heavy atom. The van der Waals surface area contributed by atoms with Gasteiger partial charge >= 0.3 is 0 Å². The van der Waals surface area contributed by atoms with Gasteiger partial charge in [0.1, 0.15) is 5.78 Å². The number of carbonyl (C=O) groups is 1. The lowest BCUT2D eigenvalue weighted by Gasteiger charge is -2.27. The van der Waals surface area contributed by atoms with Crippen LogP contribution < -0.4 is 0 Å². The summed E-state index contributed by atoms with van der Waals surface area (Å²) in [6.07, 6.45) is 12.1. The predicted molar refractivity (Wildman–Crippen MR) is 69.5 cm³/mol. The van der Waals surface area contributed by atoms with Gasteiger partial charge in [-0.2, -0.15) is 0 Å². The highest BCUT2D eigenvalue weighted by Crippen LogP contribution is 2.33. The first-order valence-corrected chi connectivity index (χ1v) is 7.30. The SMILES string of the molecule is CCCCC(=O)C1CCC(CCCC)CC1. The summed E-state index contributed by atoms with van der Waals surface area (Å²) in [5.74, 6) is 1.90. The number of hydrogen-bond acceptors (Lipinski definition) is 1. The highest BCUT2D eigenvalue weighted by atomic mass is 16.1.